The van der Waals surface area contributed by atoms with E-state index in [0.29, 0.717) is 5.56 Å². The minimum Gasteiger partial charge on any atom is -0.504 e. The molecule has 1 aliphatic rings. The number of methoxy groups -OCH3 is 1. The number of nitro groups is 1. The van der Waals surface area contributed by atoms with E-state index in [9.17, 15) is 30.2 Å². The van der Waals surface area contributed by atoms with E-state index in [1.54, 1.807) is 6.07 Å². The molecule has 1 fully saturated rings. The molecule has 3 rings (SSSR count). The first kappa shape index (κ1) is 23.0. The van der Waals surface area contributed by atoms with E-state index in [0.717, 1.165) is 6.08 Å². The summed E-state index contributed by atoms with van der Waals surface area (Å²) < 4.78 is 21.3. The van der Waals surface area contributed by atoms with E-state index in [1.807, 2.05) is 0 Å². The predicted octanol–water partition coefficient (Wildman–Crippen LogP) is 1.39. The van der Waals surface area contributed by atoms with Crippen LogP contribution in [0.1, 0.15) is 5.56 Å². The van der Waals surface area contributed by atoms with Crippen LogP contribution in [-0.2, 0) is 14.3 Å². The summed E-state index contributed by atoms with van der Waals surface area (Å²) in [4.78, 5) is 22.5. The smallest absolute Gasteiger partial charge is 0.331 e. The molecule has 11 nitrogen and oxygen atoms in total. The zero-order valence-corrected chi connectivity index (χ0v) is 16.9. The minimum absolute atomic E-state index is 0.0558. The van der Waals surface area contributed by atoms with E-state index in [4.69, 9.17) is 18.9 Å². The molecule has 1 aliphatic heterocycles. The van der Waals surface area contributed by atoms with E-state index in [2.05, 4.69) is 0 Å². The Morgan fingerprint density at radius 3 is 2.59 bits per heavy atom. The number of carbonyl (C=O) groups is 1. The summed E-state index contributed by atoms with van der Waals surface area (Å²) in [7, 11) is 1.39. The number of nitrogens with zero attached hydrogens (tertiary/aromatic N) is 1. The third-order valence-electron chi connectivity index (χ3n) is 4.64. The van der Waals surface area contributed by atoms with Crippen molar-refractivity contribution in [2.24, 2.45) is 0 Å². The molecular weight excluding hydrogens is 426 g/mol. The second kappa shape index (κ2) is 10.1. The van der Waals surface area contributed by atoms with Crippen molar-refractivity contribution in [1.82, 2.24) is 0 Å². The normalized spacial score (nSPS) is 22.6. The van der Waals surface area contributed by atoms with Crippen molar-refractivity contribution in [2.75, 3.05) is 13.7 Å². The molecule has 4 unspecified atom stereocenters. The number of phenols is 1. The van der Waals surface area contributed by atoms with Gasteiger partial charge < -0.3 is 34.3 Å². The lowest BCUT2D eigenvalue weighted by Crippen LogP contribution is -2.39. The Kier molecular flexibility index (Phi) is 7.25. The van der Waals surface area contributed by atoms with Gasteiger partial charge in [0.2, 0.25) is 6.29 Å². The van der Waals surface area contributed by atoms with Gasteiger partial charge in [-0.05, 0) is 35.9 Å². The highest BCUT2D eigenvalue weighted by Gasteiger charge is 2.47. The maximum absolute atomic E-state index is 12.3. The molecule has 0 radical (unpaired) electrons. The number of aromatic hydroxyl groups is 1. The van der Waals surface area contributed by atoms with Crippen LogP contribution in [0.2, 0.25) is 0 Å². The van der Waals surface area contributed by atoms with Crippen molar-refractivity contribution in [2.45, 2.75) is 24.6 Å². The maximum atomic E-state index is 12.3. The Labute approximate surface area is 182 Å². The molecule has 1 saturated heterocycles. The number of non-ortho nitro benzene ring substituents is 1. The summed E-state index contributed by atoms with van der Waals surface area (Å²) in [6, 6.07) is 9.57. The SMILES string of the molecule is COc1cc(/C=C/C(=O)OC2C(Oc3ccc([N+](=O)[O-])cc3)OC(CO)C2O)ccc1O. The fourth-order valence-corrected chi connectivity index (χ4v) is 2.99. The van der Waals surface area contributed by atoms with Crippen molar-refractivity contribution >= 4 is 17.7 Å². The Bertz CT molecular complexity index is 991. The van der Waals surface area contributed by atoms with E-state index < -0.39 is 42.1 Å². The molecular formula is C21H21NO10. The third-order valence-corrected chi connectivity index (χ3v) is 4.64. The van der Waals surface area contributed by atoms with Gasteiger partial charge in [-0.2, -0.15) is 0 Å². The number of benzene rings is 2. The Balaban J connectivity index is 1.70. The lowest BCUT2D eigenvalue weighted by molar-refractivity contribution is -0.384. The van der Waals surface area contributed by atoms with Crippen molar-refractivity contribution in [1.29, 1.82) is 0 Å². The molecule has 0 bridgehead atoms. The van der Waals surface area contributed by atoms with Gasteiger partial charge in [-0.3, -0.25) is 10.1 Å². The third kappa shape index (κ3) is 5.32. The highest BCUT2D eigenvalue weighted by atomic mass is 16.7. The van der Waals surface area contributed by atoms with Gasteiger partial charge in [0.1, 0.15) is 18.0 Å². The zero-order chi connectivity index (χ0) is 23.3. The number of rotatable bonds is 8. The second-order valence-corrected chi connectivity index (χ2v) is 6.75. The Morgan fingerprint density at radius 1 is 1.25 bits per heavy atom. The van der Waals surface area contributed by atoms with Crippen LogP contribution in [0.25, 0.3) is 6.08 Å². The summed E-state index contributed by atoms with van der Waals surface area (Å²) >= 11 is 0. The molecule has 0 amide bonds. The first-order chi connectivity index (χ1) is 15.3. The average Bonchev–Trinajstić information content (AvgIpc) is 3.07. The van der Waals surface area contributed by atoms with Gasteiger partial charge in [0.05, 0.1) is 18.6 Å². The number of ether oxygens (including phenoxy) is 4. The fraction of sp³-hybridized carbons (Fsp3) is 0.286. The number of nitro benzene ring substituents is 1. The Morgan fingerprint density at radius 2 is 1.97 bits per heavy atom. The van der Waals surface area contributed by atoms with Crippen molar-refractivity contribution in [3.05, 3.63) is 64.2 Å². The van der Waals surface area contributed by atoms with Gasteiger partial charge in [-0.25, -0.2) is 4.79 Å². The number of esters is 1. The number of aliphatic hydroxyl groups is 2. The number of phenolic OH excluding ortho intramolecular Hbond substituents is 1. The first-order valence-electron chi connectivity index (χ1n) is 9.43. The lowest BCUT2D eigenvalue weighted by Gasteiger charge is -2.21. The molecule has 2 aromatic carbocycles. The fourth-order valence-electron chi connectivity index (χ4n) is 2.99. The van der Waals surface area contributed by atoms with Gasteiger partial charge in [-0.1, -0.05) is 6.07 Å². The molecule has 1 heterocycles. The summed E-state index contributed by atoms with van der Waals surface area (Å²) in [6.07, 6.45) is -2.42. The van der Waals surface area contributed by atoms with Crippen LogP contribution in [0.5, 0.6) is 17.2 Å². The van der Waals surface area contributed by atoms with Crippen molar-refractivity contribution < 1.29 is 44.0 Å². The topological polar surface area (TPSA) is 158 Å². The summed E-state index contributed by atoms with van der Waals surface area (Å²) in [5.74, 6) is -0.470. The van der Waals surface area contributed by atoms with Gasteiger partial charge in [-0.15, -0.1) is 0 Å². The molecule has 0 spiro atoms. The maximum Gasteiger partial charge on any atom is 0.331 e. The molecule has 0 aromatic heterocycles. The molecule has 32 heavy (non-hydrogen) atoms. The van der Waals surface area contributed by atoms with Crippen LogP contribution in [0.15, 0.2) is 48.5 Å². The molecule has 4 atom stereocenters. The Hall–Kier alpha value is -3.67. The molecule has 0 aliphatic carbocycles. The predicted molar refractivity (Wildman–Crippen MR) is 109 cm³/mol. The first-order valence-corrected chi connectivity index (χ1v) is 9.43. The summed E-state index contributed by atoms with van der Waals surface area (Å²) in [5, 5.41) is 40.1. The monoisotopic (exact) mass is 447 g/mol. The van der Waals surface area contributed by atoms with Crippen LogP contribution in [-0.4, -0.2) is 64.5 Å². The zero-order valence-electron chi connectivity index (χ0n) is 16.9. The minimum atomic E-state index is -1.37. The van der Waals surface area contributed by atoms with Gasteiger partial charge >= 0.3 is 5.97 Å². The van der Waals surface area contributed by atoms with E-state index >= 15 is 0 Å². The number of aliphatic hydroxyl groups excluding tert-OH is 2. The molecule has 11 heteroatoms. The van der Waals surface area contributed by atoms with Gasteiger partial charge in [0, 0.05) is 18.2 Å². The van der Waals surface area contributed by atoms with E-state index in [1.165, 1.54) is 49.6 Å². The molecule has 3 N–H and O–H groups in total. The largest absolute Gasteiger partial charge is 0.504 e. The number of hydrogen-bond acceptors (Lipinski definition) is 10. The van der Waals surface area contributed by atoms with Gasteiger partial charge in [0.25, 0.3) is 5.69 Å². The van der Waals surface area contributed by atoms with Crippen molar-refractivity contribution in [3.63, 3.8) is 0 Å². The van der Waals surface area contributed by atoms with Gasteiger partial charge in [0.15, 0.2) is 17.6 Å². The highest BCUT2D eigenvalue weighted by Crippen LogP contribution is 2.29. The van der Waals surface area contributed by atoms with Crippen LogP contribution in [0.4, 0.5) is 5.69 Å². The summed E-state index contributed by atoms with van der Waals surface area (Å²) in [6.45, 7) is -0.543. The quantitative estimate of drug-likeness (QED) is 0.234. The number of hydrogen-bond donors (Lipinski definition) is 3. The van der Waals surface area contributed by atoms with Crippen LogP contribution >= 0.6 is 0 Å². The lowest BCUT2D eigenvalue weighted by atomic mass is 10.1. The summed E-state index contributed by atoms with van der Waals surface area (Å²) in [5.41, 5.74) is 0.406. The van der Waals surface area contributed by atoms with Crippen LogP contribution < -0.4 is 9.47 Å². The van der Waals surface area contributed by atoms with Crippen molar-refractivity contribution in [3.8, 4) is 17.2 Å². The second-order valence-electron chi connectivity index (χ2n) is 6.75. The highest BCUT2D eigenvalue weighted by molar-refractivity contribution is 5.87. The molecule has 0 saturated carbocycles. The van der Waals surface area contributed by atoms with Crippen LogP contribution in [0.3, 0.4) is 0 Å². The average molecular weight is 447 g/mol. The molecule has 2 aromatic rings. The standard InChI is InChI=1S/C21H21NO10/c1-29-16-10-12(2-8-15(16)24)3-9-18(25)32-20-19(26)17(11-23)31-21(20)30-14-6-4-13(5-7-14)22(27)28/h2-10,17,19-21,23-24,26H,11H2,1H3/b9-3+. The molecule has 170 valence electrons. The number of carbonyl (C=O) groups excluding carboxylic acids is 1. The van der Waals surface area contributed by atoms with E-state index in [-0.39, 0.29) is 22.9 Å². The van der Waals surface area contributed by atoms with Crippen LogP contribution in [0, 0.1) is 10.1 Å².